The van der Waals surface area contributed by atoms with Crippen molar-refractivity contribution in [2.24, 2.45) is 0 Å². The summed E-state index contributed by atoms with van der Waals surface area (Å²) in [6.45, 7) is 0. The second kappa shape index (κ2) is 10.6. The van der Waals surface area contributed by atoms with Gasteiger partial charge in [-0.05, 0) is 81.9 Å². The van der Waals surface area contributed by atoms with Crippen LogP contribution in [0.1, 0.15) is 22.3 Å². The van der Waals surface area contributed by atoms with E-state index in [9.17, 15) is 0 Å². The van der Waals surface area contributed by atoms with Gasteiger partial charge in [-0.3, -0.25) is 0 Å². The maximum absolute atomic E-state index is 3.69. The summed E-state index contributed by atoms with van der Waals surface area (Å²) in [6, 6.07) is 34.7. The number of hydrogen-bond donors (Lipinski definition) is 0. The van der Waals surface area contributed by atoms with E-state index < -0.39 is 0 Å². The summed E-state index contributed by atoms with van der Waals surface area (Å²) >= 11 is 7.38. The van der Waals surface area contributed by atoms with Crippen LogP contribution in [0.3, 0.4) is 0 Å². The van der Waals surface area contributed by atoms with E-state index in [0.717, 1.165) is 8.95 Å². The summed E-state index contributed by atoms with van der Waals surface area (Å²) in [6.07, 6.45) is 0. The Labute approximate surface area is 219 Å². The molecule has 0 aliphatic carbocycles. The van der Waals surface area contributed by atoms with Gasteiger partial charge in [-0.1, -0.05) is 80.4 Å². The highest BCUT2D eigenvalue weighted by molar-refractivity contribution is 9.10. The molecule has 0 aromatic heterocycles. The molecule has 34 heavy (non-hydrogen) atoms. The van der Waals surface area contributed by atoms with Crippen LogP contribution in [0, 0.1) is 0 Å². The van der Waals surface area contributed by atoms with E-state index in [-0.39, 0.29) is 0 Å². The van der Waals surface area contributed by atoms with Gasteiger partial charge in [-0.2, -0.15) is 0 Å². The Kier molecular flexibility index (Phi) is 7.60. The molecule has 0 saturated heterocycles. The van der Waals surface area contributed by atoms with E-state index in [1.165, 1.54) is 44.8 Å². The lowest BCUT2D eigenvalue weighted by Crippen LogP contribution is -2.08. The van der Waals surface area contributed by atoms with Crippen molar-refractivity contribution in [3.8, 4) is 0 Å². The topological polar surface area (TPSA) is 6.48 Å². The van der Waals surface area contributed by atoms with Gasteiger partial charge in [-0.15, -0.1) is 0 Å². The summed E-state index contributed by atoms with van der Waals surface area (Å²) in [5.41, 5.74) is 9.43. The van der Waals surface area contributed by atoms with Crippen molar-refractivity contribution in [3.05, 3.63) is 128 Å². The van der Waals surface area contributed by atoms with E-state index in [1.54, 1.807) is 0 Å². The predicted molar refractivity (Wildman–Crippen MR) is 155 cm³/mol. The first kappa shape index (κ1) is 24.3. The van der Waals surface area contributed by atoms with Crippen molar-refractivity contribution in [2.75, 3.05) is 38.0 Å². The van der Waals surface area contributed by atoms with Crippen LogP contribution in [0.5, 0.6) is 0 Å². The van der Waals surface area contributed by atoms with Gasteiger partial charge in [0.05, 0.1) is 0 Å². The smallest absolute Gasteiger partial charge is 0.0361 e. The first-order valence-electron chi connectivity index (χ1n) is 11.1. The number of halogens is 2. The van der Waals surface area contributed by atoms with Crippen LogP contribution in [0.2, 0.25) is 0 Å². The molecule has 2 nitrogen and oxygen atoms in total. The monoisotopic (exact) mass is 574 g/mol. The number of rotatable bonds is 6. The Morgan fingerprint density at radius 2 is 0.824 bits per heavy atom. The summed E-state index contributed by atoms with van der Waals surface area (Å²) in [7, 11) is 8.27. The molecule has 0 fully saturated rings. The number of anilines is 2. The fourth-order valence-corrected chi connectivity index (χ4v) is 4.85. The first-order valence-corrected chi connectivity index (χ1v) is 12.7. The Bertz CT molecular complexity index is 1200. The van der Waals surface area contributed by atoms with Crippen LogP contribution in [0.25, 0.3) is 11.1 Å². The number of hydrogen-bond acceptors (Lipinski definition) is 2. The van der Waals surface area contributed by atoms with Crippen molar-refractivity contribution in [3.63, 3.8) is 0 Å². The Balaban J connectivity index is 2.06. The lowest BCUT2D eigenvalue weighted by Gasteiger charge is -2.20. The highest BCUT2D eigenvalue weighted by Crippen LogP contribution is 2.39. The van der Waals surface area contributed by atoms with Crippen molar-refractivity contribution in [1.29, 1.82) is 0 Å². The third-order valence-corrected chi connectivity index (χ3v) is 6.81. The molecule has 0 radical (unpaired) electrons. The molecule has 0 bridgehead atoms. The average Bonchev–Trinajstić information content (AvgIpc) is 2.82. The van der Waals surface area contributed by atoms with Gasteiger partial charge in [0.15, 0.2) is 0 Å². The maximum Gasteiger partial charge on any atom is 0.0361 e. The van der Waals surface area contributed by atoms with Crippen LogP contribution in [0.15, 0.2) is 106 Å². The zero-order valence-electron chi connectivity index (χ0n) is 19.9. The zero-order chi connectivity index (χ0) is 24.2. The molecule has 0 spiro atoms. The fraction of sp³-hybridized carbons (Fsp3) is 0.133. The quantitative estimate of drug-likeness (QED) is 0.213. The Morgan fingerprint density at radius 3 is 1.12 bits per heavy atom. The maximum atomic E-state index is 3.69. The third kappa shape index (κ3) is 5.45. The molecule has 172 valence electrons. The lowest BCUT2D eigenvalue weighted by atomic mass is 9.85. The van der Waals surface area contributed by atoms with Crippen molar-refractivity contribution < 1.29 is 0 Å². The number of nitrogens with zero attached hydrogens (tertiary/aromatic N) is 2. The van der Waals surface area contributed by atoms with Gasteiger partial charge in [-0.25, -0.2) is 0 Å². The van der Waals surface area contributed by atoms with Crippen LogP contribution in [-0.4, -0.2) is 28.2 Å². The zero-order valence-corrected chi connectivity index (χ0v) is 23.1. The van der Waals surface area contributed by atoms with Crippen molar-refractivity contribution in [1.82, 2.24) is 0 Å². The SMILES string of the molecule is CN(C)c1ccc(/C(=C(\c2ccc(N(C)C)cc2)c2cccc(Br)c2)c2cccc(Br)c2)cc1. The highest BCUT2D eigenvalue weighted by Gasteiger charge is 2.17. The molecular formula is C30H28Br2N2. The summed E-state index contributed by atoms with van der Waals surface area (Å²) < 4.78 is 2.12. The molecule has 0 amide bonds. The van der Waals surface area contributed by atoms with Gasteiger partial charge in [0.25, 0.3) is 0 Å². The van der Waals surface area contributed by atoms with Crippen molar-refractivity contribution >= 4 is 54.4 Å². The molecule has 0 aliphatic heterocycles. The van der Waals surface area contributed by atoms with Crippen molar-refractivity contribution in [2.45, 2.75) is 0 Å². The minimum atomic E-state index is 1.06. The highest BCUT2D eigenvalue weighted by atomic mass is 79.9. The molecule has 4 rings (SSSR count). The van der Waals surface area contributed by atoms with E-state index in [1.807, 2.05) is 0 Å². The first-order chi connectivity index (χ1) is 16.3. The van der Waals surface area contributed by atoms with Gasteiger partial charge in [0.1, 0.15) is 0 Å². The van der Waals surface area contributed by atoms with E-state index in [4.69, 9.17) is 0 Å². The predicted octanol–water partition coefficient (Wildman–Crippen LogP) is 8.35. The minimum Gasteiger partial charge on any atom is -0.378 e. The molecule has 4 aromatic carbocycles. The summed E-state index contributed by atoms with van der Waals surface area (Å²) in [4.78, 5) is 4.25. The van der Waals surface area contributed by atoms with Crippen LogP contribution in [0.4, 0.5) is 11.4 Å². The Hall–Kier alpha value is -2.82. The van der Waals surface area contributed by atoms with E-state index in [0.29, 0.717) is 0 Å². The molecule has 4 aromatic rings. The molecule has 0 unspecified atom stereocenters. The number of benzene rings is 4. The van der Waals surface area contributed by atoms with Gasteiger partial charge in [0, 0.05) is 48.5 Å². The molecule has 0 aliphatic rings. The van der Waals surface area contributed by atoms with Gasteiger partial charge in [0.2, 0.25) is 0 Å². The third-order valence-electron chi connectivity index (χ3n) is 5.82. The Morgan fingerprint density at radius 1 is 0.471 bits per heavy atom. The van der Waals surface area contributed by atoms with Crippen LogP contribution in [-0.2, 0) is 0 Å². The molecule has 0 atom stereocenters. The largest absolute Gasteiger partial charge is 0.378 e. The average molecular weight is 576 g/mol. The lowest BCUT2D eigenvalue weighted by molar-refractivity contribution is 1.13. The molecule has 4 heteroatoms. The van der Waals surface area contributed by atoms with E-state index in [2.05, 4.69) is 167 Å². The minimum absolute atomic E-state index is 1.06. The van der Waals surface area contributed by atoms with Gasteiger partial charge < -0.3 is 9.80 Å². The normalized spacial score (nSPS) is 11.7. The molecule has 0 N–H and O–H groups in total. The summed E-state index contributed by atoms with van der Waals surface area (Å²) in [5, 5.41) is 0. The second-order valence-electron chi connectivity index (χ2n) is 8.65. The van der Waals surface area contributed by atoms with E-state index >= 15 is 0 Å². The van der Waals surface area contributed by atoms with Gasteiger partial charge >= 0.3 is 0 Å². The molecule has 0 heterocycles. The van der Waals surface area contributed by atoms with Crippen LogP contribution >= 0.6 is 31.9 Å². The molecular weight excluding hydrogens is 548 g/mol. The second-order valence-corrected chi connectivity index (χ2v) is 10.5. The summed E-state index contributed by atoms with van der Waals surface area (Å²) in [5.74, 6) is 0. The van der Waals surface area contributed by atoms with Crippen LogP contribution < -0.4 is 9.80 Å². The fourth-order valence-electron chi connectivity index (χ4n) is 4.05. The standard InChI is InChI=1S/C30H28Br2N2/c1-33(2)27-15-11-21(12-16-27)29(23-7-5-9-25(31)19-23)30(24-8-6-10-26(32)20-24)22-13-17-28(18-14-22)34(3)4/h5-20H,1-4H3/b30-29-. The molecule has 0 saturated carbocycles.